The monoisotopic (exact) mass is 256 g/mol. The van der Waals surface area contributed by atoms with Gasteiger partial charge in [0.1, 0.15) is 0 Å². The topological polar surface area (TPSA) is 74.6 Å². The summed E-state index contributed by atoms with van der Waals surface area (Å²) < 4.78 is 0. The highest BCUT2D eigenvalue weighted by Gasteiger charge is 2.19. The summed E-state index contributed by atoms with van der Waals surface area (Å²) in [4.78, 5) is 18.5. The van der Waals surface area contributed by atoms with Gasteiger partial charge < -0.3 is 10.2 Å². The van der Waals surface area contributed by atoms with E-state index in [-0.39, 0.29) is 0 Å². The minimum Gasteiger partial charge on any atom is -0.478 e. The molecule has 0 spiro atoms. The fraction of sp³-hybridized carbons (Fsp3) is 0.571. The summed E-state index contributed by atoms with van der Waals surface area (Å²) >= 11 is 0. The van der Waals surface area contributed by atoms with Crippen molar-refractivity contribution >= 4 is 11.9 Å². The highest BCUT2D eigenvalue weighted by molar-refractivity contribution is 5.79. The molecule has 0 radical (unpaired) electrons. The van der Waals surface area contributed by atoms with Crippen LogP contribution < -0.4 is 0 Å². The second-order valence-electron chi connectivity index (χ2n) is 4.81. The van der Waals surface area contributed by atoms with Crippen LogP contribution in [-0.2, 0) is 9.59 Å². The Bertz CT molecular complexity index is 254. The summed E-state index contributed by atoms with van der Waals surface area (Å²) in [6, 6.07) is 0. The van der Waals surface area contributed by atoms with Crippen molar-refractivity contribution in [2.45, 2.75) is 46.0 Å². The summed E-state index contributed by atoms with van der Waals surface area (Å²) in [7, 11) is 0. The van der Waals surface area contributed by atoms with Crippen molar-refractivity contribution in [2.24, 2.45) is 5.41 Å². The summed E-state index contributed by atoms with van der Waals surface area (Å²) in [5, 5.41) is 15.2. The van der Waals surface area contributed by atoms with Crippen molar-refractivity contribution in [3.8, 4) is 0 Å². The Labute approximate surface area is 109 Å². The molecule has 4 heteroatoms. The number of hydrogen-bond donors (Lipinski definition) is 2. The van der Waals surface area contributed by atoms with Crippen LogP contribution in [0.15, 0.2) is 25.3 Å². The molecule has 0 bridgehead atoms. The molecule has 0 aliphatic heterocycles. The Morgan fingerprint density at radius 1 is 0.944 bits per heavy atom. The lowest BCUT2D eigenvalue weighted by atomic mass is 9.78. The van der Waals surface area contributed by atoms with Crippen molar-refractivity contribution in [2.75, 3.05) is 0 Å². The van der Waals surface area contributed by atoms with Gasteiger partial charge in [-0.15, -0.1) is 0 Å². The molecular formula is C14H24O4. The van der Waals surface area contributed by atoms with Gasteiger partial charge in [-0.05, 0) is 18.3 Å². The van der Waals surface area contributed by atoms with E-state index in [1.807, 2.05) is 0 Å². The van der Waals surface area contributed by atoms with E-state index >= 15 is 0 Å². The lowest BCUT2D eigenvalue weighted by Gasteiger charge is -2.28. The third-order valence-electron chi connectivity index (χ3n) is 2.56. The van der Waals surface area contributed by atoms with Crippen molar-refractivity contribution < 1.29 is 19.8 Å². The highest BCUT2D eigenvalue weighted by Crippen LogP contribution is 2.34. The molecule has 0 aromatic heterocycles. The van der Waals surface area contributed by atoms with Gasteiger partial charge in [0.25, 0.3) is 0 Å². The average molecular weight is 256 g/mol. The van der Waals surface area contributed by atoms with E-state index in [0.29, 0.717) is 5.41 Å². The van der Waals surface area contributed by atoms with Gasteiger partial charge in [-0.2, -0.15) is 0 Å². The smallest absolute Gasteiger partial charge is 0.327 e. The lowest BCUT2D eigenvalue weighted by molar-refractivity contribution is -0.132. The van der Waals surface area contributed by atoms with Gasteiger partial charge in [0.05, 0.1) is 0 Å². The largest absolute Gasteiger partial charge is 0.478 e. The minimum atomic E-state index is -0.981. The predicted molar refractivity (Wildman–Crippen MR) is 72.5 cm³/mol. The first-order chi connectivity index (χ1) is 8.25. The van der Waals surface area contributed by atoms with Gasteiger partial charge in [0.15, 0.2) is 0 Å². The van der Waals surface area contributed by atoms with E-state index < -0.39 is 11.9 Å². The highest BCUT2D eigenvalue weighted by atomic mass is 16.4. The fourth-order valence-electron chi connectivity index (χ4n) is 1.51. The molecule has 0 saturated heterocycles. The zero-order chi connectivity index (χ0) is 14.6. The van der Waals surface area contributed by atoms with Crippen LogP contribution in [0.5, 0.6) is 0 Å². The molecule has 0 atom stereocenters. The molecule has 4 nitrogen and oxygen atoms in total. The first-order valence-electron chi connectivity index (χ1n) is 5.96. The Kier molecular flexibility index (Phi) is 11.0. The quantitative estimate of drug-likeness (QED) is 0.741. The second-order valence-corrected chi connectivity index (χ2v) is 4.81. The van der Waals surface area contributed by atoms with Crippen LogP contribution >= 0.6 is 0 Å². The molecule has 1 fully saturated rings. The van der Waals surface area contributed by atoms with Crippen LogP contribution in [-0.4, -0.2) is 22.2 Å². The predicted octanol–water partition coefficient (Wildman–Crippen LogP) is 3.49. The zero-order valence-corrected chi connectivity index (χ0v) is 11.3. The molecule has 0 heterocycles. The van der Waals surface area contributed by atoms with Crippen LogP contribution in [0.25, 0.3) is 0 Å². The first-order valence-corrected chi connectivity index (χ1v) is 5.96. The van der Waals surface area contributed by atoms with Crippen molar-refractivity contribution in [3.63, 3.8) is 0 Å². The number of rotatable bonds is 2. The van der Waals surface area contributed by atoms with Crippen molar-refractivity contribution in [3.05, 3.63) is 25.3 Å². The molecule has 104 valence electrons. The lowest BCUT2D eigenvalue weighted by Crippen LogP contribution is -2.14. The Morgan fingerprint density at radius 3 is 1.33 bits per heavy atom. The van der Waals surface area contributed by atoms with E-state index in [2.05, 4.69) is 27.0 Å². The molecule has 1 aliphatic rings. The number of aliphatic carboxylic acids is 2. The molecule has 18 heavy (non-hydrogen) atoms. The number of carboxylic acid groups (broad SMARTS) is 2. The standard InChI is InChI=1S/C8H16.2C3H4O2/c1-8(2)6-4-3-5-7-8;2*1-2-3(4)5/h3-7H2,1-2H3;2*2H,1H2,(H,4,5). The Balaban J connectivity index is 0. The SMILES string of the molecule is C=CC(=O)O.C=CC(=O)O.CC1(C)CCCCC1. The first kappa shape index (κ1) is 18.8. The van der Waals surface area contributed by atoms with Crippen molar-refractivity contribution in [1.82, 2.24) is 0 Å². The molecule has 2 N–H and O–H groups in total. The van der Waals surface area contributed by atoms with Crippen LogP contribution in [0, 0.1) is 5.41 Å². The maximum Gasteiger partial charge on any atom is 0.327 e. The average Bonchev–Trinajstić information content (AvgIpc) is 2.30. The van der Waals surface area contributed by atoms with E-state index in [9.17, 15) is 9.59 Å². The van der Waals surface area contributed by atoms with Crippen LogP contribution in [0.4, 0.5) is 0 Å². The van der Waals surface area contributed by atoms with Crippen LogP contribution in [0.1, 0.15) is 46.0 Å². The molecule has 1 saturated carbocycles. The second kappa shape index (κ2) is 10.6. The molecule has 0 aromatic rings. The van der Waals surface area contributed by atoms with E-state index in [1.54, 1.807) is 0 Å². The molecule has 1 rings (SSSR count). The maximum atomic E-state index is 9.25. The van der Waals surface area contributed by atoms with Gasteiger partial charge in [-0.3, -0.25) is 0 Å². The third kappa shape index (κ3) is 16.8. The van der Waals surface area contributed by atoms with Gasteiger partial charge in [0, 0.05) is 12.2 Å². The summed E-state index contributed by atoms with van der Waals surface area (Å²) in [6.45, 7) is 10.7. The van der Waals surface area contributed by atoms with E-state index in [4.69, 9.17) is 10.2 Å². The van der Waals surface area contributed by atoms with E-state index in [1.165, 1.54) is 32.1 Å². The maximum absolute atomic E-state index is 9.25. The molecule has 0 aromatic carbocycles. The molecule has 1 aliphatic carbocycles. The summed E-state index contributed by atoms with van der Waals surface area (Å²) in [5.41, 5.74) is 0.679. The number of carboxylic acids is 2. The fourth-order valence-corrected chi connectivity index (χ4v) is 1.51. The van der Waals surface area contributed by atoms with Crippen LogP contribution in [0.3, 0.4) is 0 Å². The van der Waals surface area contributed by atoms with Gasteiger partial charge in [0.2, 0.25) is 0 Å². The summed E-state index contributed by atoms with van der Waals surface area (Å²) in [5.74, 6) is -1.96. The third-order valence-corrected chi connectivity index (χ3v) is 2.56. The van der Waals surface area contributed by atoms with E-state index in [0.717, 1.165) is 12.2 Å². The van der Waals surface area contributed by atoms with Gasteiger partial charge in [-0.25, -0.2) is 9.59 Å². The molecule has 0 amide bonds. The molecular weight excluding hydrogens is 232 g/mol. The van der Waals surface area contributed by atoms with Crippen molar-refractivity contribution in [1.29, 1.82) is 0 Å². The normalized spacial score (nSPS) is 15.9. The van der Waals surface area contributed by atoms with Gasteiger partial charge >= 0.3 is 11.9 Å². The Morgan fingerprint density at radius 2 is 1.22 bits per heavy atom. The van der Waals surface area contributed by atoms with Gasteiger partial charge in [-0.1, -0.05) is 46.3 Å². The number of hydrogen-bond acceptors (Lipinski definition) is 2. The summed E-state index contributed by atoms with van der Waals surface area (Å²) in [6.07, 6.45) is 8.98. The molecule has 0 unspecified atom stereocenters. The van der Waals surface area contributed by atoms with Crippen LogP contribution in [0.2, 0.25) is 0 Å². The zero-order valence-electron chi connectivity index (χ0n) is 11.3. The Hall–Kier alpha value is -1.58. The minimum absolute atomic E-state index is 0.679. The number of carbonyl (C=O) groups is 2.